The summed E-state index contributed by atoms with van der Waals surface area (Å²) in [7, 11) is 0. The average molecular weight is 404 g/mol. The summed E-state index contributed by atoms with van der Waals surface area (Å²) in [5, 5.41) is 2.59. The molecule has 0 radical (unpaired) electrons. The molecule has 2 atom stereocenters. The Hall–Kier alpha value is -1.84. The van der Waals surface area contributed by atoms with E-state index in [4.69, 9.17) is 4.74 Å². The Morgan fingerprint density at radius 3 is 2.03 bits per heavy atom. The molecule has 0 heterocycles. The molecule has 0 aliphatic heterocycles. The highest BCUT2D eigenvalue weighted by atomic mass is 16.5. The van der Waals surface area contributed by atoms with E-state index in [1.807, 2.05) is 37.3 Å². The van der Waals surface area contributed by atoms with Crippen LogP contribution in [-0.2, 0) is 20.7 Å². The van der Waals surface area contributed by atoms with E-state index in [1.165, 1.54) is 64.2 Å². The molecule has 4 heteroatoms. The summed E-state index contributed by atoms with van der Waals surface area (Å²) in [4.78, 5) is 23.3. The Kier molecular flexibility index (Phi) is 14.8. The van der Waals surface area contributed by atoms with E-state index < -0.39 is 6.04 Å². The molecule has 0 spiro atoms. The number of esters is 1. The van der Waals surface area contributed by atoms with Gasteiger partial charge in [-0.05, 0) is 25.3 Å². The molecular weight excluding hydrogens is 362 g/mol. The molecule has 0 saturated heterocycles. The van der Waals surface area contributed by atoms with Crippen LogP contribution in [0.1, 0.15) is 96.5 Å². The SMILES string of the molecule is CCCCCCCCCCCCC[C@@H](C)OC(=O)[C@H](Cc1ccccc1)NC=O. The molecule has 0 bridgehead atoms. The molecular formula is C25H41NO3. The molecule has 0 aliphatic rings. The molecule has 1 rings (SSSR count). The molecule has 164 valence electrons. The van der Waals surface area contributed by atoms with Crippen LogP contribution in [0.2, 0.25) is 0 Å². The summed E-state index contributed by atoms with van der Waals surface area (Å²) in [5.74, 6) is -0.350. The number of nitrogens with one attached hydrogen (secondary N) is 1. The zero-order valence-electron chi connectivity index (χ0n) is 18.5. The maximum atomic E-state index is 12.4. The van der Waals surface area contributed by atoms with Crippen LogP contribution in [0.4, 0.5) is 0 Å². The van der Waals surface area contributed by atoms with Gasteiger partial charge in [-0.3, -0.25) is 4.79 Å². The maximum absolute atomic E-state index is 12.4. The largest absolute Gasteiger partial charge is 0.461 e. The third-order valence-electron chi connectivity index (χ3n) is 5.37. The molecule has 29 heavy (non-hydrogen) atoms. The first kappa shape index (κ1) is 25.2. The quantitative estimate of drug-likeness (QED) is 0.186. The monoisotopic (exact) mass is 403 g/mol. The van der Waals surface area contributed by atoms with Crippen LogP contribution >= 0.6 is 0 Å². The topological polar surface area (TPSA) is 55.4 Å². The van der Waals surface area contributed by atoms with Crippen LogP contribution in [0, 0.1) is 0 Å². The van der Waals surface area contributed by atoms with Crippen molar-refractivity contribution in [2.45, 2.75) is 109 Å². The van der Waals surface area contributed by atoms with Gasteiger partial charge in [0, 0.05) is 6.42 Å². The van der Waals surface area contributed by atoms with Gasteiger partial charge in [-0.15, -0.1) is 0 Å². The minimum atomic E-state index is -0.630. The molecule has 0 fully saturated rings. The molecule has 1 amide bonds. The van der Waals surface area contributed by atoms with Crippen LogP contribution in [0.3, 0.4) is 0 Å². The lowest BCUT2D eigenvalue weighted by Crippen LogP contribution is -2.40. The van der Waals surface area contributed by atoms with Crippen LogP contribution in [-0.4, -0.2) is 24.5 Å². The van der Waals surface area contributed by atoms with Crippen molar-refractivity contribution in [1.29, 1.82) is 0 Å². The lowest BCUT2D eigenvalue weighted by molar-refractivity contribution is -0.151. The Balaban J connectivity index is 2.12. The van der Waals surface area contributed by atoms with E-state index in [2.05, 4.69) is 12.2 Å². The van der Waals surface area contributed by atoms with Gasteiger partial charge in [0.2, 0.25) is 6.41 Å². The summed E-state index contributed by atoms with van der Waals surface area (Å²) >= 11 is 0. The van der Waals surface area contributed by atoms with Crippen LogP contribution < -0.4 is 5.32 Å². The van der Waals surface area contributed by atoms with E-state index in [-0.39, 0.29) is 12.1 Å². The third kappa shape index (κ3) is 13.1. The zero-order chi connectivity index (χ0) is 21.2. The van der Waals surface area contributed by atoms with Crippen molar-refractivity contribution in [2.75, 3.05) is 0 Å². The number of ether oxygens (including phenoxy) is 1. The Labute approximate surface area is 177 Å². The molecule has 1 aromatic carbocycles. The van der Waals surface area contributed by atoms with Gasteiger partial charge in [0.25, 0.3) is 0 Å². The van der Waals surface area contributed by atoms with Gasteiger partial charge in [0.1, 0.15) is 6.04 Å². The second-order valence-electron chi connectivity index (χ2n) is 8.10. The van der Waals surface area contributed by atoms with Crippen LogP contribution in [0.5, 0.6) is 0 Å². The summed E-state index contributed by atoms with van der Waals surface area (Å²) in [6.45, 7) is 4.20. The average Bonchev–Trinajstić information content (AvgIpc) is 2.72. The molecule has 4 nitrogen and oxygen atoms in total. The van der Waals surface area contributed by atoms with Gasteiger partial charge in [-0.2, -0.15) is 0 Å². The van der Waals surface area contributed by atoms with Crippen molar-refractivity contribution in [1.82, 2.24) is 5.32 Å². The van der Waals surface area contributed by atoms with Crippen molar-refractivity contribution in [3.8, 4) is 0 Å². The van der Waals surface area contributed by atoms with Crippen molar-refractivity contribution < 1.29 is 14.3 Å². The fourth-order valence-electron chi connectivity index (χ4n) is 3.58. The number of carbonyl (C=O) groups is 2. The number of unbranched alkanes of at least 4 members (excludes halogenated alkanes) is 10. The lowest BCUT2D eigenvalue weighted by atomic mass is 10.0. The van der Waals surface area contributed by atoms with Gasteiger partial charge in [-0.1, -0.05) is 101 Å². The van der Waals surface area contributed by atoms with Gasteiger partial charge >= 0.3 is 5.97 Å². The summed E-state index contributed by atoms with van der Waals surface area (Å²) in [6.07, 6.45) is 16.2. The first-order valence-electron chi connectivity index (χ1n) is 11.6. The number of hydrogen-bond acceptors (Lipinski definition) is 3. The Bertz CT molecular complexity index is 532. The summed E-state index contributed by atoms with van der Waals surface area (Å²) < 4.78 is 5.57. The Morgan fingerprint density at radius 2 is 1.48 bits per heavy atom. The summed E-state index contributed by atoms with van der Waals surface area (Å²) in [6, 6.07) is 9.04. The molecule has 0 aromatic heterocycles. The molecule has 0 aliphatic carbocycles. The van der Waals surface area contributed by atoms with Crippen molar-refractivity contribution in [3.05, 3.63) is 35.9 Å². The minimum absolute atomic E-state index is 0.118. The van der Waals surface area contributed by atoms with Crippen LogP contribution in [0.15, 0.2) is 30.3 Å². The molecule has 1 aromatic rings. The van der Waals surface area contributed by atoms with E-state index >= 15 is 0 Å². The number of amides is 1. The van der Waals surface area contributed by atoms with Gasteiger partial charge in [0.15, 0.2) is 0 Å². The predicted octanol–water partition coefficient (Wildman–Crippen LogP) is 5.98. The maximum Gasteiger partial charge on any atom is 0.329 e. The van der Waals surface area contributed by atoms with Crippen molar-refractivity contribution in [3.63, 3.8) is 0 Å². The lowest BCUT2D eigenvalue weighted by Gasteiger charge is -2.19. The van der Waals surface area contributed by atoms with Gasteiger partial charge < -0.3 is 10.1 Å². The molecule has 0 saturated carbocycles. The first-order valence-corrected chi connectivity index (χ1v) is 11.6. The van der Waals surface area contributed by atoms with Crippen molar-refractivity contribution >= 4 is 12.4 Å². The van der Waals surface area contributed by atoms with E-state index in [0.717, 1.165) is 18.4 Å². The third-order valence-corrected chi connectivity index (χ3v) is 5.37. The van der Waals surface area contributed by atoms with E-state index in [9.17, 15) is 9.59 Å². The van der Waals surface area contributed by atoms with Gasteiger partial charge in [-0.25, -0.2) is 4.79 Å². The van der Waals surface area contributed by atoms with E-state index in [0.29, 0.717) is 12.8 Å². The Morgan fingerprint density at radius 1 is 0.931 bits per heavy atom. The normalized spacial score (nSPS) is 12.9. The second-order valence-corrected chi connectivity index (χ2v) is 8.10. The predicted molar refractivity (Wildman–Crippen MR) is 120 cm³/mol. The van der Waals surface area contributed by atoms with E-state index in [1.54, 1.807) is 0 Å². The highest BCUT2D eigenvalue weighted by molar-refractivity contribution is 5.78. The van der Waals surface area contributed by atoms with Crippen LogP contribution in [0.25, 0.3) is 0 Å². The number of hydrogen-bond donors (Lipinski definition) is 1. The standard InChI is InChI=1S/C25H41NO3/c1-3-4-5-6-7-8-9-10-11-12-14-17-22(2)29-25(28)24(26-21-27)20-23-18-15-13-16-19-23/h13,15-16,18-19,21-22,24H,3-12,14,17,20H2,1-2H3,(H,26,27)/t22-,24+/m1/s1. The first-order chi connectivity index (χ1) is 14.2. The number of benzene rings is 1. The highest BCUT2D eigenvalue weighted by Crippen LogP contribution is 2.14. The fraction of sp³-hybridized carbons (Fsp3) is 0.680. The number of carbonyl (C=O) groups excluding carboxylic acids is 2. The highest BCUT2D eigenvalue weighted by Gasteiger charge is 2.21. The minimum Gasteiger partial charge on any atom is -0.461 e. The number of rotatable bonds is 18. The molecule has 0 unspecified atom stereocenters. The zero-order valence-corrected chi connectivity index (χ0v) is 18.5. The fourth-order valence-corrected chi connectivity index (χ4v) is 3.58. The summed E-state index contributed by atoms with van der Waals surface area (Å²) in [5.41, 5.74) is 1.00. The smallest absolute Gasteiger partial charge is 0.329 e. The van der Waals surface area contributed by atoms with Gasteiger partial charge in [0.05, 0.1) is 6.10 Å². The van der Waals surface area contributed by atoms with Crippen molar-refractivity contribution in [2.24, 2.45) is 0 Å². The molecule has 1 N–H and O–H groups in total. The second kappa shape index (κ2) is 17.1.